The lowest BCUT2D eigenvalue weighted by Crippen LogP contribution is -2.30. The second-order valence-corrected chi connectivity index (χ2v) is 4.87. The van der Waals surface area contributed by atoms with Gasteiger partial charge in [0.05, 0.1) is 14.7 Å². The van der Waals surface area contributed by atoms with Gasteiger partial charge in [-0.15, -0.1) is 0 Å². The van der Waals surface area contributed by atoms with Gasteiger partial charge in [-0.2, -0.15) is 0 Å². The fraction of sp³-hybridized carbons (Fsp3) is 0.667. The highest BCUT2D eigenvalue weighted by atomic mass is 32.1. The average Bonchev–Trinajstić information content (AvgIpc) is 2.28. The summed E-state index contributed by atoms with van der Waals surface area (Å²) in [4.78, 5) is 2.48. The largest absolute Gasteiger partial charge is 0.383 e. The summed E-state index contributed by atoms with van der Waals surface area (Å²) in [5.41, 5.74) is 1.05. The van der Waals surface area contributed by atoms with Crippen molar-refractivity contribution >= 4 is 30.1 Å². The number of hydrogen-bond acceptors (Lipinski definition) is 4. The fourth-order valence-electron chi connectivity index (χ4n) is 1.77. The first-order valence-electron chi connectivity index (χ1n) is 5.95. The molecule has 0 spiro atoms. The normalized spacial score (nSPS) is 11.2. The molecule has 1 rings (SSSR count). The molecule has 0 aliphatic heterocycles. The molecule has 2 nitrogen and oxygen atoms in total. The van der Waals surface area contributed by atoms with Crippen molar-refractivity contribution in [2.75, 3.05) is 31.5 Å². The third kappa shape index (κ3) is 3.92. The van der Waals surface area contributed by atoms with Crippen LogP contribution in [0.2, 0.25) is 0 Å². The van der Waals surface area contributed by atoms with Gasteiger partial charge in [0.1, 0.15) is 0 Å². The number of nitrogens with zero attached hydrogens (tertiary/aromatic N) is 1. The van der Waals surface area contributed by atoms with Crippen molar-refractivity contribution in [1.29, 1.82) is 0 Å². The second-order valence-electron chi connectivity index (χ2n) is 4.02. The molecule has 90 valence electrons. The van der Waals surface area contributed by atoms with Crippen LogP contribution in [0.25, 0.3) is 0 Å². The van der Waals surface area contributed by atoms with E-state index in [9.17, 15) is 0 Å². The third-order valence-electron chi connectivity index (χ3n) is 2.57. The van der Waals surface area contributed by atoms with E-state index in [-0.39, 0.29) is 0 Å². The van der Waals surface area contributed by atoms with Gasteiger partial charge in [0, 0.05) is 13.1 Å². The highest BCUT2D eigenvalue weighted by molar-refractivity contribution is 7.74. The van der Waals surface area contributed by atoms with E-state index < -0.39 is 0 Å². The average molecular weight is 256 g/mol. The molecule has 0 unspecified atom stereocenters. The fourth-order valence-corrected chi connectivity index (χ4v) is 2.18. The van der Waals surface area contributed by atoms with E-state index in [1.165, 1.54) is 25.9 Å². The molecule has 0 amide bonds. The van der Waals surface area contributed by atoms with Crippen molar-refractivity contribution in [3.8, 4) is 0 Å². The quantitative estimate of drug-likeness (QED) is 0.715. The van der Waals surface area contributed by atoms with E-state index in [1.807, 2.05) is 6.07 Å². The van der Waals surface area contributed by atoms with Gasteiger partial charge < -0.3 is 10.2 Å². The SMILES string of the molecule is CCCN(CCC)CCNc1cc(=S)c1=S. The molecular formula is C12H20N2S2. The van der Waals surface area contributed by atoms with E-state index in [1.54, 1.807) is 0 Å². The van der Waals surface area contributed by atoms with Gasteiger partial charge in [-0.05, 0) is 32.0 Å². The monoisotopic (exact) mass is 256 g/mol. The maximum absolute atomic E-state index is 5.12. The number of nitrogens with one attached hydrogen (secondary N) is 1. The van der Waals surface area contributed by atoms with E-state index in [0.717, 1.165) is 27.8 Å². The first-order chi connectivity index (χ1) is 7.69. The Morgan fingerprint density at radius 1 is 1.12 bits per heavy atom. The number of hydrogen-bond donors (Lipinski definition) is 1. The third-order valence-corrected chi connectivity index (χ3v) is 3.46. The Bertz CT molecular complexity index is 374. The molecule has 0 saturated carbocycles. The van der Waals surface area contributed by atoms with Crippen molar-refractivity contribution in [1.82, 2.24) is 4.90 Å². The Morgan fingerprint density at radius 3 is 2.19 bits per heavy atom. The van der Waals surface area contributed by atoms with Crippen molar-refractivity contribution in [3.05, 3.63) is 15.1 Å². The summed E-state index contributed by atoms with van der Waals surface area (Å²) in [7, 11) is 0. The summed E-state index contributed by atoms with van der Waals surface area (Å²) in [6.07, 6.45) is 2.43. The smallest absolute Gasteiger partial charge is 0.0790 e. The van der Waals surface area contributed by atoms with Crippen LogP contribution in [0.1, 0.15) is 26.7 Å². The zero-order chi connectivity index (χ0) is 12.0. The van der Waals surface area contributed by atoms with Crippen LogP contribution < -0.4 is 5.32 Å². The standard InChI is InChI=1S/C12H20N2S2/c1-3-6-14(7-4-2)8-5-13-10-9-11(15)12(10)16/h9,13H,3-8H2,1-2H3. The Labute approximate surface area is 108 Å². The Balaban J connectivity index is 2.26. The molecule has 0 aliphatic carbocycles. The first-order valence-corrected chi connectivity index (χ1v) is 6.77. The van der Waals surface area contributed by atoms with Crippen LogP contribution >= 0.6 is 24.4 Å². The topological polar surface area (TPSA) is 15.3 Å². The molecule has 0 heterocycles. The van der Waals surface area contributed by atoms with Gasteiger partial charge in [-0.3, -0.25) is 0 Å². The highest BCUT2D eigenvalue weighted by Crippen LogP contribution is 2.16. The molecule has 16 heavy (non-hydrogen) atoms. The predicted octanol–water partition coefficient (Wildman–Crippen LogP) is 3.56. The van der Waals surface area contributed by atoms with Crippen LogP contribution in [0.15, 0.2) is 6.07 Å². The van der Waals surface area contributed by atoms with Gasteiger partial charge >= 0.3 is 0 Å². The minimum Gasteiger partial charge on any atom is -0.383 e. The molecule has 0 atom stereocenters. The van der Waals surface area contributed by atoms with Gasteiger partial charge in [-0.25, -0.2) is 0 Å². The summed E-state index contributed by atoms with van der Waals surface area (Å²) in [5, 5.41) is 3.34. The van der Waals surface area contributed by atoms with Crippen molar-refractivity contribution in [3.63, 3.8) is 0 Å². The lowest BCUT2D eigenvalue weighted by Gasteiger charge is -2.21. The second kappa shape index (κ2) is 7.09. The Morgan fingerprint density at radius 2 is 1.75 bits per heavy atom. The number of anilines is 1. The molecule has 0 bridgehead atoms. The molecule has 1 N–H and O–H groups in total. The van der Waals surface area contributed by atoms with Gasteiger partial charge in [0.2, 0.25) is 0 Å². The lowest BCUT2D eigenvalue weighted by atomic mass is 10.3. The molecule has 0 aromatic heterocycles. The maximum atomic E-state index is 5.12. The van der Waals surface area contributed by atoms with Crippen molar-refractivity contribution < 1.29 is 0 Å². The highest BCUT2D eigenvalue weighted by Gasteiger charge is 2.04. The molecule has 0 saturated heterocycles. The zero-order valence-electron chi connectivity index (χ0n) is 10.1. The zero-order valence-corrected chi connectivity index (χ0v) is 11.7. The number of rotatable bonds is 8. The van der Waals surface area contributed by atoms with Crippen molar-refractivity contribution in [2.24, 2.45) is 0 Å². The predicted molar refractivity (Wildman–Crippen MR) is 76.0 cm³/mol. The van der Waals surface area contributed by atoms with Gasteiger partial charge in [-0.1, -0.05) is 38.3 Å². The molecule has 0 radical (unpaired) electrons. The molecule has 0 fully saturated rings. The lowest BCUT2D eigenvalue weighted by molar-refractivity contribution is 0.285. The first kappa shape index (κ1) is 13.7. The summed E-state index contributed by atoms with van der Waals surface area (Å²) >= 11 is 10.1. The molecule has 1 aromatic carbocycles. The van der Waals surface area contributed by atoms with Gasteiger partial charge in [0.15, 0.2) is 0 Å². The van der Waals surface area contributed by atoms with E-state index in [4.69, 9.17) is 24.4 Å². The van der Waals surface area contributed by atoms with E-state index in [2.05, 4.69) is 24.1 Å². The molecule has 1 aromatic rings. The summed E-state index contributed by atoms with van der Waals surface area (Å²) in [5.74, 6) is 0. The molecule has 4 heteroatoms. The van der Waals surface area contributed by atoms with Crippen LogP contribution in [-0.2, 0) is 0 Å². The maximum Gasteiger partial charge on any atom is 0.0790 e. The van der Waals surface area contributed by atoms with Gasteiger partial charge in [0.25, 0.3) is 0 Å². The minimum atomic E-state index is 0.816. The van der Waals surface area contributed by atoms with Crippen LogP contribution in [0, 0.1) is 9.02 Å². The summed E-state index contributed by atoms with van der Waals surface area (Å²) in [6, 6.07) is 1.95. The summed E-state index contributed by atoms with van der Waals surface area (Å²) < 4.78 is 1.64. The van der Waals surface area contributed by atoms with E-state index in [0.29, 0.717) is 0 Å². The summed E-state index contributed by atoms with van der Waals surface area (Å²) in [6.45, 7) is 8.83. The Kier molecular flexibility index (Phi) is 6.09. The van der Waals surface area contributed by atoms with Crippen LogP contribution in [-0.4, -0.2) is 31.1 Å². The van der Waals surface area contributed by atoms with Crippen LogP contribution in [0.4, 0.5) is 5.69 Å². The Hall–Kier alpha value is -0.320. The molecule has 0 aliphatic rings. The van der Waals surface area contributed by atoms with Crippen LogP contribution in [0.3, 0.4) is 0 Å². The minimum absolute atomic E-state index is 0.816. The van der Waals surface area contributed by atoms with Crippen molar-refractivity contribution in [2.45, 2.75) is 26.7 Å². The van der Waals surface area contributed by atoms with E-state index >= 15 is 0 Å². The molecular weight excluding hydrogens is 236 g/mol. The van der Waals surface area contributed by atoms with Crippen LogP contribution in [0.5, 0.6) is 0 Å².